The largest absolute Gasteiger partial charge is 0.357 e. The van der Waals surface area contributed by atoms with Gasteiger partial charge >= 0.3 is 0 Å². The summed E-state index contributed by atoms with van der Waals surface area (Å²) < 4.78 is 0. The molecule has 2 heterocycles. The third-order valence-corrected chi connectivity index (χ3v) is 4.11. The number of pyridine rings is 1. The maximum absolute atomic E-state index is 4.48. The van der Waals surface area contributed by atoms with Gasteiger partial charge in [-0.15, -0.1) is 0 Å². The quantitative estimate of drug-likeness (QED) is 0.882. The lowest BCUT2D eigenvalue weighted by Crippen LogP contribution is -2.38. The highest BCUT2D eigenvalue weighted by atomic mass is 15.2. The first-order valence-electron chi connectivity index (χ1n) is 7.22. The number of aromatic nitrogens is 1. The van der Waals surface area contributed by atoms with E-state index in [1.165, 1.54) is 37.8 Å². The molecule has 2 fully saturated rings. The highest BCUT2D eigenvalue weighted by Gasteiger charge is 2.24. The van der Waals surface area contributed by atoms with E-state index in [4.69, 9.17) is 0 Å². The third kappa shape index (κ3) is 3.02. The third-order valence-electron chi connectivity index (χ3n) is 4.11. The van der Waals surface area contributed by atoms with E-state index >= 15 is 0 Å². The van der Waals surface area contributed by atoms with E-state index in [0.717, 1.165) is 30.9 Å². The molecular formula is C15H23N3. The lowest BCUT2D eigenvalue weighted by atomic mass is 9.96. The zero-order chi connectivity index (χ0) is 12.4. The number of rotatable bonds is 4. The monoisotopic (exact) mass is 245 g/mol. The summed E-state index contributed by atoms with van der Waals surface area (Å²) in [5.41, 5.74) is 1.30. The van der Waals surface area contributed by atoms with Crippen molar-refractivity contribution < 1.29 is 0 Å². The number of nitrogens with zero attached hydrogens (tertiary/aromatic N) is 2. The lowest BCUT2D eigenvalue weighted by molar-refractivity contribution is 0.381. The first-order chi connectivity index (χ1) is 8.81. The minimum Gasteiger partial charge on any atom is -0.357 e. The van der Waals surface area contributed by atoms with Gasteiger partial charge in [0.25, 0.3) is 0 Å². The summed E-state index contributed by atoms with van der Waals surface area (Å²) in [6.45, 7) is 5.68. The van der Waals surface area contributed by atoms with E-state index < -0.39 is 0 Å². The molecule has 1 aliphatic heterocycles. The molecule has 0 radical (unpaired) electrons. The second-order valence-electron chi connectivity index (χ2n) is 5.80. The zero-order valence-corrected chi connectivity index (χ0v) is 11.2. The molecule has 0 aromatic carbocycles. The van der Waals surface area contributed by atoms with E-state index in [1.807, 2.05) is 6.20 Å². The second-order valence-corrected chi connectivity index (χ2v) is 5.80. The van der Waals surface area contributed by atoms with Crippen molar-refractivity contribution in [2.24, 2.45) is 5.92 Å². The summed E-state index contributed by atoms with van der Waals surface area (Å²) >= 11 is 0. The molecule has 0 bridgehead atoms. The number of nitrogens with one attached hydrogen (secondary N) is 1. The average Bonchev–Trinajstić information content (AvgIpc) is 3.21. The predicted octanol–water partition coefficient (Wildman–Crippen LogP) is 2.36. The van der Waals surface area contributed by atoms with Crippen LogP contribution in [0.3, 0.4) is 0 Å². The topological polar surface area (TPSA) is 28.2 Å². The fourth-order valence-corrected chi connectivity index (χ4v) is 2.68. The standard InChI is InChI=1S/C15H23N3/c1-12-4-7-16-15(10-12)18-8-5-13(6-9-18)11-17-14-2-3-14/h4,7,10,13-14,17H,2-3,5-6,8-9,11H2,1H3. The van der Waals surface area contributed by atoms with Gasteiger partial charge in [0.05, 0.1) is 0 Å². The number of aryl methyl sites for hydroxylation is 1. The van der Waals surface area contributed by atoms with Gasteiger partial charge in [-0.05, 0) is 62.8 Å². The summed E-state index contributed by atoms with van der Waals surface area (Å²) in [6, 6.07) is 5.11. The summed E-state index contributed by atoms with van der Waals surface area (Å²) in [6.07, 6.45) is 7.31. The van der Waals surface area contributed by atoms with Crippen LogP contribution >= 0.6 is 0 Å². The molecule has 2 aliphatic rings. The number of hydrogen-bond donors (Lipinski definition) is 1. The van der Waals surface area contributed by atoms with Gasteiger partial charge in [0, 0.05) is 25.3 Å². The Morgan fingerprint density at radius 3 is 2.72 bits per heavy atom. The maximum atomic E-state index is 4.48. The molecule has 1 saturated heterocycles. The van der Waals surface area contributed by atoms with E-state index in [0.29, 0.717) is 0 Å². The van der Waals surface area contributed by atoms with Crippen molar-refractivity contribution in [3.8, 4) is 0 Å². The second kappa shape index (κ2) is 5.27. The summed E-state index contributed by atoms with van der Waals surface area (Å²) in [7, 11) is 0. The van der Waals surface area contributed by atoms with Crippen LogP contribution in [-0.2, 0) is 0 Å². The van der Waals surface area contributed by atoms with Gasteiger partial charge in [0.1, 0.15) is 5.82 Å². The molecular weight excluding hydrogens is 222 g/mol. The Bertz CT molecular complexity index is 392. The van der Waals surface area contributed by atoms with Gasteiger partial charge < -0.3 is 10.2 Å². The van der Waals surface area contributed by atoms with E-state index in [9.17, 15) is 0 Å². The van der Waals surface area contributed by atoms with Crippen LogP contribution in [0.4, 0.5) is 5.82 Å². The molecule has 1 aliphatic carbocycles. The van der Waals surface area contributed by atoms with Gasteiger partial charge in [0.2, 0.25) is 0 Å². The number of piperidine rings is 1. The van der Waals surface area contributed by atoms with Crippen LogP contribution in [0.25, 0.3) is 0 Å². The first kappa shape index (κ1) is 12.0. The van der Waals surface area contributed by atoms with Crippen LogP contribution in [0.1, 0.15) is 31.2 Å². The van der Waals surface area contributed by atoms with Crippen LogP contribution in [0.15, 0.2) is 18.3 Å². The van der Waals surface area contributed by atoms with Crippen molar-refractivity contribution in [3.05, 3.63) is 23.9 Å². The Morgan fingerprint density at radius 2 is 2.06 bits per heavy atom. The number of hydrogen-bond acceptors (Lipinski definition) is 3. The highest BCUT2D eigenvalue weighted by molar-refractivity contribution is 5.40. The Hall–Kier alpha value is -1.09. The first-order valence-corrected chi connectivity index (χ1v) is 7.22. The molecule has 1 saturated carbocycles. The SMILES string of the molecule is Cc1ccnc(N2CCC(CNC3CC3)CC2)c1. The van der Waals surface area contributed by atoms with Gasteiger partial charge in [-0.1, -0.05) is 0 Å². The Labute approximate surface area is 110 Å². The van der Waals surface area contributed by atoms with Crippen molar-refractivity contribution in [1.29, 1.82) is 0 Å². The Balaban J connectivity index is 1.49. The summed E-state index contributed by atoms with van der Waals surface area (Å²) in [5.74, 6) is 2.02. The van der Waals surface area contributed by atoms with Crippen molar-refractivity contribution in [1.82, 2.24) is 10.3 Å². The minimum atomic E-state index is 0.849. The smallest absolute Gasteiger partial charge is 0.128 e. The molecule has 1 aromatic rings. The fraction of sp³-hybridized carbons (Fsp3) is 0.667. The van der Waals surface area contributed by atoms with Crippen molar-refractivity contribution in [2.45, 2.75) is 38.6 Å². The molecule has 18 heavy (non-hydrogen) atoms. The van der Waals surface area contributed by atoms with Crippen LogP contribution < -0.4 is 10.2 Å². The summed E-state index contributed by atoms with van der Waals surface area (Å²) in [4.78, 5) is 6.91. The van der Waals surface area contributed by atoms with Gasteiger partial charge in [-0.25, -0.2) is 4.98 Å². The van der Waals surface area contributed by atoms with E-state index in [2.05, 4.69) is 34.3 Å². The predicted molar refractivity (Wildman–Crippen MR) is 74.9 cm³/mol. The Kier molecular flexibility index (Phi) is 3.50. The highest BCUT2D eigenvalue weighted by Crippen LogP contribution is 2.24. The van der Waals surface area contributed by atoms with Crippen LogP contribution in [0.2, 0.25) is 0 Å². The molecule has 0 spiro atoms. The van der Waals surface area contributed by atoms with Crippen molar-refractivity contribution >= 4 is 5.82 Å². The fourth-order valence-electron chi connectivity index (χ4n) is 2.68. The van der Waals surface area contributed by atoms with E-state index in [-0.39, 0.29) is 0 Å². The van der Waals surface area contributed by atoms with Gasteiger partial charge in [0.15, 0.2) is 0 Å². The minimum absolute atomic E-state index is 0.849. The lowest BCUT2D eigenvalue weighted by Gasteiger charge is -2.33. The normalized spacial score (nSPS) is 21.3. The molecule has 3 rings (SSSR count). The number of anilines is 1. The van der Waals surface area contributed by atoms with Gasteiger partial charge in [-0.2, -0.15) is 0 Å². The maximum Gasteiger partial charge on any atom is 0.128 e. The van der Waals surface area contributed by atoms with Crippen molar-refractivity contribution in [3.63, 3.8) is 0 Å². The average molecular weight is 245 g/mol. The Morgan fingerprint density at radius 1 is 1.28 bits per heavy atom. The molecule has 0 atom stereocenters. The molecule has 1 N–H and O–H groups in total. The van der Waals surface area contributed by atoms with Crippen LogP contribution in [0.5, 0.6) is 0 Å². The zero-order valence-electron chi connectivity index (χ0n) is 11.2. The molecule has 0 unspecified atom stereocenters. The molecule has 1 aromatic heterocycles. The van der Waals surface area contributed by atoms with Crippen LogP contribution in [0, 0.1) is 12.8 Å². The molecule has 98 valence electrons. The van der Waals surface area contributed by atoms with Crippen molar-refractivity contribution in [2.75, 3.05) is 24.5 Å². The molecule has 3 heteroatoms. The van der Waals surface area contributed by atoms with Crippen LogP contribution in [-0.4, -0.2) is 30.7 Å². The molecule has 0 amide bonds. The van der Waals surface area contributed by atoms with Gasteiger partial charge in [-0.3, -0.25) is 0 Å². The molecule has 3 nitrogen and oxygen atoms in total. The summed E-state index contributed by atoms with van der Waals surface area (Å²) in [5, 5.41) is 3.66. The van der Waals surface area contributed by atoms with E-state index in [1.54, 1.807) is 0 Å².